The van der Waals surface area contributed by atoms with Crippen LogP contribution in [0.1, 0.15) is 66.0 Å². The molecule has 0 aliphatic rings. The smallest absolute Gasteiger partial charge is 0.408 e. The molecule has 2 unspecified atom stereocenters. The Morgan fingerprint density at radius 2 is 1.71 bits per heavy atom. The van der Waals surface area contributed by atoms with E-state index in [9.17, 15) is 19.5 Å². The van der Waals surface area contributed by atoms with Crippen LogP contribution < -0.4 is 10.6 Å². The molecule has 8 heteroatoms. The first-order valence-corrected chi connectivity index (χ1v) is 10.7. The van der Waals surface area contributed by atoms with E-state index in [4.69, 9.17) is 4.74 Å². The average Bonchev–Trinajstić information content (AvgIpc) is 2.65. The lowest BCUT2D eigenvalue weighted by Crippen LogP contribution is -2.53. The highest BCUT2D eigenvalue weighted by Gasteiger charge is 2.35. The molecule has 1 aromatic rings. The number of likely N-dealkylation sites (N-methyl/N-ethyl adjacent to an activating group) is 1. The molecule has 0 saturated carbocycles. The Morgan fingerprint density at radius 1 is 1.13 bits per heavy atom. The number of unbranched alkanes of at least 4 members (excludes halogenated alkanes) is 1. The van der Waals surface area contributed by atoms with Gasteiger partial charge >= 0.3 is 6.09 Å². The number of hydrogen-bond acceptors (Lipinski definition) is 5. The van der Waals surface area contributed by atoms with Crippen LogP contribution in [0.15, 0.2) is 24.3 Å². The number of benzene rings is 1. The third kappa shape index (κ3) is 8.47. The van der Waals surface area contributed by atoms with Crippen molar-refractivity contribution in [1.82, 2.24) is 15.5 Å². The van der Waals surface area contributed by atoms with Crippen LogP contribution in [0.3, 0.4) is 0 Å². The Balaban J connectivity index is 3.14. The van der Waals surface area contributed by atoms with Gasteiger partial charge in [-0.05, 0) is 50.8 Å². The van der Waals surface area contributed by atoms with Gasteiger partial charge < -0.3 is 25.4 Å². The standard InChI is InChI=1S/C23H37N3O5/c1-8-9-14-24-20(28)19(16-10-12-17(27)13-11-16)26(7)21(29)18(15(2)3)25-22(30)31-23(4,5)6/h10-13,15,18-19,27H,8-9,14H2,1-7H3,(H,24,28)(H,25,30). The third-order valence-corrected chi connectivity index (χ3v) is 4.63. The van der Waals surface area contributed by atoms with Crippen molar-refractivity contribution in [1.29, 1.82) is 0 Å². The normalized spacial score (nSPS) is 13.3. The molecule has 0 radical (unpaired) electrons. The summed E-state index contributed by atoms with van der Waals surface area (Å²) in [6, 6.07) is 4.37. The van der Waals surface area contributed by atoms with Crippen LogP contribution in [0.4, 0.5) is 4.79 Å². The second-order valence-electron chi connectivity index (χ2n) is 8.96. The molecule has 0 aliphatic heterocycles. The molecule has 2 atom stereocenters. The van der Waals surface area contributed by atoms with Gasteiger partial charge in [-0.1, -0.05) is 39.3 Å². The first-order valence-electron chi connectivity index (χ1n) is 10.7. The number of amides is 3. The van der Waals surface area contributed by atoms with E-state index in [1.807, 2.05) is 20.8 Å². The lowest BCUT2D eigenvalue weighted by Gasteiger charge is -2.33. The minimum atomic E-state index is -0.911. The van der Waals surface area contributed by atoms with E-state index in [-0.39, 0.29) is 17.6 Å². The van der Waals surface area contributed by atoms with E-state index < -0.39 is 29.7 Å². The number of hydrogen-bond donors (Lipinski definition) is 3. The van der Waals surface area contributed by atoms with Crippen LogP contribution in [0.5, 0.6) is 5.75 Å². The summed E-state index contributed by atoms with van der Waals surface area (Å²) in [7, 11) is 1.53. The molecular weight excluding hydrogens is 398 g/mol. The number of rotatable bonds is 9. The van der Waals surface area contributed by atoms with Crippen molar-refractivity contribution < 1.29 is 24.2 Å². The maximum Gasteiger partial charge on any atom is 0.408 e. The quantitative estimate of drug-likeness (QED) is 0.516. The lowest BCUT2D eigenvalue weighted by atomic mass is 9.99. The number of ether oxygens (including phenoxy) is 1. The number of phenolic OH excluding ortho intramolecular Hbond substituents is 1. The van der Waals surface area contributed by atoms with E-state index >= 15 is 0 Å². The minimum Gasteiger partial charge on any atom is -0.508 e. The van der Waals surface area contributed by atoms with Crippen molar-refractivity contribution in [3.8, 4) is 5.75 Å². The number of nitrogens with one attached hydrogen (secondary N) is 2. The molecule has 0 spiro atoms. The van der Waals surface area contributed by atoms with Gasteiger partial charge in [0.2, 0.25) is 11.8 Å². The van der Waals surface area contributed by atoms with Gasteiger partial charge in [0.05, 0.1) is 0 Å². The molecule has 8 nitrogen and oxygen atoms in total. The van der Waals surface area contributed by atoms with Gasteiger partial charge in [-0.3, -0.25) is 9.59 Å². The van der Waals surface area contributed by atoms with Crippen LogP contribution in [0, 0.1) is 5.92 Å². The summed E-state index contributed by atoms with van der Waals surface area (Å²) in [5.74, 6) is -0.903. The van der Waals surface area contributed by atoms with E-state index in [1.165, 1.54) is 24.1 Å². The van der Waals surface area contributed by atoms with Crippen molar-refractivity contribution in [2.24, 2.45) is 5.92 Å². The Hall–Kier alpha value is -2.77. The zero-order valence-electron chi connectivity index (χ0n) is 19.7. The second-order valence-corrected chi connectivity index (χ2v) is 8.96. The van der Waals surface area contributed by atoms with Crippen molar-refractivity contribution in [2.75, 3.05) is 13.6 Å². The summed E-state index contributed by atoms with van der Waals surface area (Å²) in [4.78, 5) is 39.9. The number of carbonyl (C=O) groups excluding carboxylic acids is 3. The largest absolute Gasteiger partial charge is 0.508 e. The van der Waals surface area contributed by atoms with Gasteiger partial charge in [0.1, 0.15) is 23.4 Å². The second kappa shape index (κ2) is 11.6. The molecule has 174 valence electrons. The monoisotopic (exact) mass is 435 g/mol. The van der Waals surface area contributed by atoms with Crippen molar-refractivity contribution in [2.45, 2.75) is 72.1 Å². The Bertz CT molecular complexity index is 741. The maximum absolute atomic E-state index is 13.3. The van der Waals surface area contributed by atoms with E-state index in [2.05, 4.69) is 10.6 Å². The summed E-state index contributed by atoms with van der Waals surface area (Å²) in [6.07, 6.45) is 1.05. The van der Waals surface area contributed by atoms with E-state index in [1.54, 1.807) is 32.9 Å². The zero-order chi connectivity index (χ0) is 23.8. The van der Waals surface area contributed by atoms with Gasteiger partial charge in [-0.15, -0.1) is 0 Å². The lowest BCUT2D eigenvalue weighted by molar-refractivity contribution is -0.141. The van der Waals surface area contributed by atoms with Gasteiger partial charge in [0, 0.05) is 13.6 Å². The topological polar surface area (TPSA) is 108 Å². The van der Waals surface area contributed by atoms with Crippen molar-refractivity contribution >= 4 is 17.9 Å². The first kappa shape index (κ1) is 26.3. The van der Waals surface area contributed by atoms with Crippen molar-refractivity contribution in [3.05, 3.63) is 29.8 Å². The summed E-state index contributed by atoms with van der Waals surface area (Å²) >= 11 is 0. The fourth-order valence-electron chi connectivity index (χ4n) is 2.99. The molecule has 0 fully saturated rings. The molecule has 0 aromatic heterocycles. The fraction of sp³-hybridized carbons (Fsp3) is 0.609. The average molecular weight is 436 g/mol. The number of phenols is 1. The zero-order valence-corrected chi connectivity index (χ0v) is 19.7. The molecule has 3 N–H and O–H groups in total. The molecule has 31 heavy (non-hydrogen) atoms. The number of alkyl carbamates (subject to hydrolysis) is 1. The number of carbonyl (C=O) groups is 3. The first-order chi connectivity index (χ1) is 14.4. The van der Waals surface area contributed by atoms with Crippen LogP contribution >= 0.6 is 0 Å². The molecule has 0 heterocycles. The van der Waals surface area contributed by atoms with Crippen LogP contribution in [-0.4, -0.2) is 53.1 Å². The molecule has 0 bridgehead atoms. The fourth-order valence-corrected chi connectivity index (χ4v) is 2.99. The summed E-state index contributed by atoms with van der Waals surface area (Å²) < 4.78 is 5.29. The summed E-state index contributed by atoms with van der Waals surface area (Å²) in [5, 5.41) is 15.1. The predicted molar refractivity (Wildman–Crippen MR) is 120 cm³/mol. The molecule has 1 aromatic carbocycles. The predicted octanol–water partition coefficient (Wildman–Crippen LogP) is 3.36. The Labute approximate surface area is 185 Å². The Kier molecular flexibility index (Phi) is 9.81. The van der Waals surface area contributed by atoms with E-state index in [0.29, 0.717) is 12.1 Å². The van der Waals surface area contributed by atoms with Crippen LogP contribution in [-0.2, 0) is 14.3 Å². The number of aromatic hydroxyl groups is 1. The van der Waals surface area contributed by atoms with E-state index in [0.717, 1.165) is 12.8 Å². The van der Waals surface area contributed by atoms with Gasteiger partial charge in [-0.25, -0.2) is 4.79 Å². The van der Waals surface area contributed by atoms with Gasteiger partial charge in [0.25, 0.3) is 0 Å². The highest BCUT2D eigenvalue weighted by Crippen LogP contribution is 2.24. The highest BCUT2D eigenvalue weighted by molar-refractivity contribution is 5.92. The van der Waals surface area contributed by atoms with Gasteiger partial charge in [-0.2, -0.15) is 0 Å². The highest BCUT2D eigenvalue weighted by atomic mass is 16.6. The molecule has 0 saturated heterocycles. The van der Waals surface area contributed by atoms with Crippen LogP contribution in [0.25, 0.3) is 0 Å². The van der Waals surface area contributed by atoms with Crippen molar-refractivity contribution in [3.63, 3.8) is 0 Å². The third-order valence-electron chi connectivity index (χ3n) is 4.63. The summed E-state index contributed by atoms with van der Waals surface area (Å²) in [6.45, 7) is 11.4. The summed E-state index contributed by atoms with van der Waals surface area (Å²) in [5.41, 5.74) is -0.142. The van der Waals surface area contributed by atoms with Crippen LogP contribution in [0.2, 0.25) is 0 Å². The number of nitrogens with zero attached hydrogens (tertiary/aromatic N) is 1. The molecular formula is C23H37N3O5. The Morgan fingerprint density at radius 3 is 2.19 bits per heavy atom. The SMILES string of the molecule is CCCCNC(=O)C(c1ccc(O)cc1)N(C)C(=O)C(NC(=O)OC(C)(C)C)C(C)C. The molecule has 3 amide bonds. The minimum absolute atomic E-state index is 0.0644. The molecule has 1 rings (SSSR count). The van der Waals surface area contributed by atoms with Gasteiger partial charge in [0.15, 0.2) is 0 Å². The molecule has 0 aliphatic carbocycles. The maximum atomic E-state index is 13.3.